The van der Waals surface area contributed by atoms with E-state index in [4.69, 9.17) is 0 Å². The number of benzene rings is 1. The van der Waals surface area contributed by atoms with Crippen molar-refractivity contribution in [2.45, 2.75) is 26.4 Å². The minimum Gasteiger partial charge on any atom is -0.508 e. The lowest BCUT2D eigenvalue weighted by molar-refractivity contribution is -0.155. The molecule has 0 aromatic heterocycles. The summed E-state index contributed by atoms with van der Waals surface area (Å²) in [7, 11) is 0. The first-order valence-electron chi connectivity index (χ1n) is 5.51. The maximum absolute atomic E-state index is 11.2. The molecule has 0 aliphatic heterocycles. The lowest BCUT2D eigenvalue weighted by atomic mass is 9.76. The number of aromatic hydroxyl groups is 1. The number of carboxylic acid groups (broad SMARTS) is 1. The van der Waals surface area contributed by atoms with Gasteiger partial charge in [0.15, 0.2) is 0 Å². The van der Waals surface area contributed by atoms with Gasteiger partial charge in [0.25, 0.3) is 0 Å². The van der Waals surface area contributed by atoms with Gasteiger partial charge in [0.2, 0.25) is 0 Å². The zero-order chi connectivity index (χ0) is 13.2. The first kappa shape index (κ1) is 13.5. The summed E-state index contributed by atoms with van der Waals surface area (Å²) in [5.41, 5.74) is -1.11. The fraction of sp³-hybridized carbons (Fsp3) is 0.462. The number of carbonyl (C=O) groups is 1. The van der Waals surface area contributed by atoms with Crippen molar-refractivity contribution in [2.75, 3.05) is 0 Å². The standard InChI is InChI=1S/C13H18O4/c1-8(2)11(12(15)16)13(3,17)9-5-4-6-10(14)7-9/h4-8,11,14,17H,1-3H3,(H,15,16). The van der Waals surface area contributed by atoms with Crippen LogP contribution in [0.5, 0.6) is 5.75 Å². The molecule has 0 amide bonds. The van der Waals surface area contributed by atoms with Gasteiger partial charge in [0, 0.05) is 0 Å². The van der Waals surface area contributed by atoms with Crippen molar-refractivity contribution < 1.29 is 20.1 Å². The van der Waals surface area contributed by atoms with Gasteiger partial charge in [0.05, 0.1) is 5.92 Å². The van der Waals surface area contributed by atoms with E-state index in [-0.39, 0.29) is 11.7 Å². The van der Waals surface area contributed by atoms with E-state index in [1.54, 1.807) is 26.0 Å². The Kier molecular flexibility index (Phi) is 3.78. The van der Waals surface area contributed by atoms with Crippen molar-refractivity contribution in [1.29, 1.82) is 0 Å². The van der Waals surface area contributed by atoms with Crippen LogP contribution in [0.1, 0.15) is 26.3 Å². The Morgan fingerprint density at radius 1 is 1.35 bits per heavy atom. The van der Waals surface area contributed by atoms with Crippen molar-refractivity contribution >= 4 is 5.97 Å². The van der Waals surface area contributed by atoms with Crippen LogP contribution in [-0.4, -0.2) is 21.3 Å². The van der Waals surface area contributed by atoms with Crippen LogP contribution in [0.3, 0.4) is 0 Å². The molecule has 1 aromatic rings. The van der Waals surface area contributed by atoms with E-state index >= 15 is 0 Å². The normalized spacial score (nSPS) is 16.5. The lowest BCUT2D eigenvalue weighted by Gasteiger charge is -2.33. The molecule has 2 atom stereocenters. The average Bonchev–Trinajstić information content (AvgIpc) is 2.15. The highest BCUT2D eigenvalue weighted by atomic mass is 16.4. The lowest BCUT2D eigenvalue weighted by Crippen LogP contribution is -2.40. The third-order valence-electron chi connectivity index (χ3n) is 2.97. The number of hydrogen-bond acceptors (Lipinski definition) is 3. The maximum atomic E-state index is 11.2. The van der Waals surface area contributed by atoms with Gasteiger partial charge >= 0.3 is 5.97 Å². The molecular weight excluding hydrogens is 220 g/mol. The van der Waals surface area contributed by atoms with Crippen LogP contribution < -0.4 is 0 Å². The van der Waals surface area contributed by atoms with Crippen LogP contribution in [-0.2, 0) is 10.4 Å². The quantitative estimate of drug-likeness (QED) is 0.749. The molecule has 0 bridgehead atoms. The molecule has 0 fully saturated rings. The minimum atomic E-state index is -1.52. The van der Waals surface area contributed by atoms with Crippen molar-refractivity contribution in [3.63, 3.8) is 0 Å². The number of hydrogen-bond donors (Lipinski definition) is 3. The van der Waals surface area contributed by atoms with E-state index in [0.717, 1.165) is 0 Å². The fourth-order valence-electron chi connectivity index (χ4n) is 2.17. The molecule has 0 aliphatic rings. The highest BCUT2D eigenvalue weighted by Gasteiger charge is 2.41. The van der Waals surface area contributed by atoms with Gasteiger partial charge in [0.1, 0.15) is 11.4 Å². The summed E-state index contributed by atoms with van der Waals surface area (Å²) in [6.45, 7) is 4.95. The molecule has 3 N–H and O–H groups in total. The number of phenols is 1. The molecular formula is C13H18O4. The van der Waals surface area contributed by atoms with Crippen LogP contribution in [0, 0.1) is 11.8 Å². The molecule has 4 nitrogen and oxygen atoms in total. The van der Waals surface area contributed by atoms with Crippen LogP contribution in [0.4, 0.5) is 0 Å². The van der Waals surface area contributed by atoms with Crippen molar-refractivity contribution in [3.05, 3.63) is 29.8 Å². The molecule has 17 heavy (non-hydrogen) atoms. The summed E-state index contributed by atoms with van der Waals surface area (Å²) in [5.74, 6) is -2.18. The van der Waals surface area contributed by atoms with E-state index in [9.17, 15) is 20.1 Å². The highest BCUT2D eigenvalue weighted by Crippen LogP contribution is 2.35. The Morgan fingerprint density at radius 2 is 1.94 bits per heavy atom. The maximum Gasteiger partial charge on any atom is 0.310 e. The summed E-state index contributed by atoms with van der Waals surface area (Å²) in [4.78, 5) is 11.2. The summed E-state index contributed by atoms with van der Waals surface area (Å²) in [6.07, 6.45) is 0. The van der Waals surface area contributed by atoms with Gasteiger partial charge in [-0.1, -0.05) is 26.0 Å². The fourth-order valence-corrected chi connectivity index (χ4v) is 2.17. The molecule has 0 radical (unpaired) electrons. The molecule has 2 unspecified atom stereocenters. The molecule has 0 spiro atoms. The number of rotatable bonds is 4. The number of aliphatic hydroxyl groups is 1. The van der Waals surface area contributed by atoms with E-state index < -0.39 is 17.5 Å². The first-order chi connectivity index (χ1) is 7.76. The molecule has 0 saturated carbocycles. The summed E-state index contributed by atoms with van der Waals surface area (Å²) >= 11 is 0. The van der Waals surface area contributed by atoms with Crippen LogP contribution in [0.25, 0.3) is 0 Å². The van der Waals surface area contributed by atoms with Crippen LogP contribution in [0.2, 0.25) is 0 Å². The topological polar surface area (TPSA) is 77.8 Å². The highest BCUT2D eigenvalue weighted by molar-refractivity contribution is 5.72. The van der Waals surface area contributed by atoms with Crippen molar-refractivity contribution in [1.82, 2.24) is 0 Å². The second-order valence-corrected chi connectivity index (χ2v) is 4.76. The van der Waals surface area contributed by atoms with Gasteiger partial charge in [-0.25, -0.2) is 0 Å². The third kappa shape index (κ3) is 2.77. The molecule has 1 rings (SSSR count). The second kappa shape index (κ2) is 4.75. The molecule has 0 heterocycles. The van der Waals surface area contributed by atoms with Gasteiger partial charge in [-0.05, 0) is 30.5 Å². The predicted molar refractivity (Wildman–Crippen MR) is 63.6 cm³/mol. The smallest absolute Gasteiger partial charge is 0.310 e. The largest absolute Gasteiger partial charge is 0.508 e. The van der Waals surface area contributed by atoms with Gasteiger partial charge in [-0.2, -0.15) is 0 Å². The zero-order valence-corrected chi connectivity index (χ0v) is 10.2. The van der Waals surface area contributed by atoms with Crippen LogP contribution in [0.15, 0.2) is 24.3 Å². The number of carboxylic acids is 1. The Hall–Kier alpha value is -1.55. The Morgan fingerprint density at radius 3 is 2.35 bits per heavy atom. The molecule has 0 aliphatic carbocycles. The van der Waals surface area contributed by atoms with E-state index in [0.29, 0.717) is 5.56 Å². The number of phenolic OH excluding ortho intramolecular Hbond substituents is 1. The van der Waals surface area contributed by atoms with Crippen LogP contribution >= 0.6 is 0 Å². The second-order valence-electron chi connectivity index (χ2n) is 4.76. The summed E-state index contributed by atoms with van der Waals surface area (Å²) in [5, 5.41) is 29.0. The number of aliphatic carboxylic acids is 1. The SMILES string of the molecule is CC(C)C(C(=O)O)C(C)(O)c1cccc(O)c1. The molecule has 94 valence electrons. The van der Waals surface area contributed by atoms with E-state index in [1.807, 2.05) is 0 Å². The molecule has 0 saturated heterocycles. The molecule has 1 aromatic carbocycles. The average molecular weight is 238 g/mol. The monoisotopic (exact) mass is 238 g/mol. The van der Waals surface area contributed by atoms with Crippen molar-refractivity contribution in [2.24, 2.45) is 11.8 Å². The Bertz CT molecular complexity index is 410. The minimum absolute atomic E-state index is 0.00988. The van der Waals surface area contributed by atoms with Crippen molar-refractivity contribution in [3.8, 4) is 5.75 Å². The van der Waals surface area contributed by atoms with Gasteiger partial charge in [-0.3, -0.25) is 4.79 Å². The Balaban J connectivity index is 3.20. The molecule has 4 heteroatoms. The third-order valence-corrected chi connectivity index (χ3v) is 2.97. The summed E-state index contributed by atoms with van der Waals surface area (Å²) < 4.78 is 0. The van der Waals surface area contributed by atoms with E-state index in [1.165, 1.54) is 19.1 Å². The Labute approximate surface area is 101 Å². The van der Waals surface area contributed by atoms with Gasteiger partial charge < -0.3 is 15.3 Å². The van der Waals surface area contributed by atoms with Gasteiger partial charge in [-0.15, -0.1) is 0 Å². The first-order valence-corrected chi connectivity index (χ1v) is 5.51. The predicted octanol–water partition coefficient (Wildman–Crippen LogP) is 1.96. The van der Waals surface area contributed by atoms with E-state index in [2.05, 4.69) is 0 Å². The zero-order valence-electron chi connectivity index (χ0n) is 10.2. The summed E-state index contributed by atoms with van der Waals surface area (Å²) in [6, 6.07) is 6.06.